The summed E-state index contributed by atoms with van der Waals surface area (Å²) in [6, 6.07) is 0.504. The van der Waals surface area contributed by atoms with Crippen LogP contribution in [0, 0.1) is 0 Å². The Labute approximate surface area is 150 Å². The molecule has 0 saturated carbocycles. The van der Waals surface area contributed by atoms with E-state index in [1.807, 2.05) is 11.6 Å². The van der Waals surface area contributed by atoms with Gasteiger partial charge in [-0.2, -0.15) is 5.10 Å². The lowest BCUT2D eigenvalue weighted by molar-refractivity contribution is 0.0526. The zero-order valence-electron chi connectivity index (χ0n) is 15.8. The highest BCUT2D eigenvalue weighted by Crippen LogP contribution is 2.10. The lowest BCUT2D eigenvalue weighted by Crippen LogP contribution is -2.50. The van der Waals surface area contributed by atoms with Gasteiger partial charge >= 0.3 is 5.97 Å². The number of rotatable bonds is 10. The van der Waals surface area contributed by atoms with Gasteiger partial charge in [0.25, 0.3) is 0 Å². The number of nitrogens with zero attached hydrogens (tertiary/aromatic N) is 4. The van der Waals surface area contributed by atoms with Crippen LogP contribution in [0.2, 0.25) is 0 Å². The molecule has 2 heterocycles. The van der Waals surface area contributed by atoms with E-state index in [4.69, 9.17) is 9.47 Å². The van der Waals surface area contributed by atoms with Gasteiger partial charge < -0.3 is 9.47 Å². The Morgan fingerprint density at radius 3 is 2.64 bits per heavy atom. The van der Waals surface area contributed by atoms with Gasteiger partial charge in [0.2, 0.25) is 0 Å². The third-order valence-electron chi connectivity index (χ3n) is 4.71. The molecule has 2 rings (SSSR count). The normalized spacial score (nSPS) is 17.6. The molecule has 25 heavy (non-hydrogen) atoms. The molecule has 1 fully saturated rings. The second-order valence-corrected chi connectivity index (χ2v) is 6.42. The van der Waals surface area contributed by atoms with Crippen molar-refractivity contribution >= 4 is 5.97 Å². The summed E-state index contributed by atoms with van der Waals surface area (Å²) in [5.41, 5.74) is 0.525. The zero-order chi connectivity index (χ0) is 18.1. The molecule has 7 heteroatoms. The molecule has 0 bridgehead atoms. The molecule has 7 nitrogen and oxygen atoms in total. The molecular weight excluding hydrogens is 320 g/mol. The fraction of sp³-hybridized carbons (Fsp3) is 0.778. The van der Waals surface area contributed by atoms with Gasteiger partial charge in [-0.05, 0) is 27.2 Å². The highest BCUT2D eigenvalue weighted by atomic mass is 16.5. The van der Waals surface area contributed by atoms with Crippen LogP contribution < -0.4 is 0 Å². The Balaban J connectivity index is 1.69. The van der Waals surface area contributed by atoms with Crippen molar-refractivity contribution in [2.24, 2.45) is 0 Å². The van der Waals surface area contributed by atoms with Gasteiger partial charge in [-0.25, -0.2) is 4.79 Å². The summed E-state index contributed by atoms with van der Waals surface area (Å²) in [6.45, 7) is 14.4. The van der Waals surface area contributed by atoms with E-state index in [1.165, 1.54) is 0 Å². The Hall–Kier alpha value is -1.44. The molecule has 1 aromatic heterocycles. The molecule has 0 spiro atoms. The van der Waals surface area contributed by atoms with Crippen LogP contribution in [0.3, 0.4) is 0 Å². The predicted octanol–water partition coefficient (Wildman–Crippen LogP) is 1.49. The number of hydrogen-bond acceptors (Lipinski definition) is 6. The number of hydrogen-bond donors (Lipinski definition) is 0. The van der Waals surface area contributed by atoms with E-state index in [0.29, 0.717) is 18.2 Å². The van der Waals surface area contributed by atoms with Gasteiger partial charge in [0.05, 0.1) is 25.0 Å². The molecule has 1 aliphatic rings. The quantitative estimate of drug-likeness (QED) is 0.470. The highest BCUT2D eigenvalue weighted by Gasteiger charge is 2.21. The van der Waals surface area contributed by atoms with Gasteiger partial charge in [0, 0.05) is 58.1 Å². The van der Waals surface area contributed by atoms with Crippen LogP contribution >= 0.6 is 0 Å². The molecule has 1 unspecified atom stereocenters. The average Bonchev–Trinajstić information content (AvgIpc) is 3.10. The fourth-order valence-electron chi connectivity index (χ4n) is 3.07. The Kier molecular flexibility index (Phi) is 8.37. The number of piperazine rings is 1. The van der Waals surface area contributed by atoms with Crippen LogP contribution in [-0.2, 0) is 16.0 Å². The first-order valence-corrected chi connectivity index (χ1v) is 9.37. The molecule has 0 amide bonds. The second-order valence-electron chi connectivity index (χ2n) is 6.42. The van der Waals surface area contributed by atoms with Gasteiger partial charge in [0.1, 0.15) is 0 Å². The van der Waals surface area contributed by atoms with E-state index in [1.54, 1.807) is 19.3 Å². The minimum absolute atomic E-state index is 0.301. The van der Waals surface area contributed by atoms with E-state index in [0.717, 1.165) is 58.9 Å². The maximum Gasteiger partial charge on any atom is 0.341 e. The molecule has 142 valence electrons. The Bertz CT molecular complexity index is 512. The number of ether oxygens (including phenoxy) is 2. The third kappa shape index (κ3) is 6.41. The number of carbonyl (C=O) groups excluding carboxylic acids is 1. The fourth-order valence-corrected chi connectivity index (χ4v) is 3.07. The van der Waals surface area contributed by atoms with Crippen LogP contribution in [0.5, 0.6) is 0 Å². The molecule has 1 saturated heterocycles. The van der Waals surface area contributed by atoms with Crippen molar-refractivity contribution < 1.29 is 14.3 Å². The zero-order valence-corrected chi connectivity index (χ0v) is 15.8. The van der Waals surface area contributed by atoms with Crippen molar-refractivity contribution in [1.29, 1.82) is 0 Å². The van der Waals surface area contributed by atoms with Crippen molar-refractivity contribution in [2.75, 3.05) is 52.5 Å². The number of esters is 1. The summed E-state index contributed by atoms with van der Waals surface area (Å²) in [5.74, 6) is -0.301. The molecule has 0 aliphatic carbocycles. The minimum atomic E-state index is -0.301. The van der Waals surface area contributed by atoms with E-state index < -0.39 is 0 Å². The Morgan fingerprint density at radius 2 is 1.96 bits per heavy atom. The number of carbonyl (C=O) groups is 1. The largest absolute Gasteiger partial charge is 0.462 e. The van der Waals surface area contributed by atoms with E-state index in [9.17, 15) is 4.79 Å². The molecule has 0 radical (unpaired) electrons. The van der Waals surface area contributed by atoms with Crippen LogP contribution in [0.15, 0.2) is 12.4 Å². The van der Waals surface area contributed by atoms with Gasteiger partial charge in [-0.1, -0.05) is 0 Å². The lowest BCUT2D eigenvalue weighted by atomic mass is 10.1. The van der Waals surface area contributed by atoms with Gasteiger partial charge in [-0.15, -0.1) is 0 Å². The molecule has 1 aromatic rings. The standard InChI is InChI=1S/C18H32N4O3/c1-4-24-13-12-20-8-10-21(11-9-20)16(3)6-7-22-15-17(14-19-22)18(23)25-5-2/h14-16H,4-13H2,1-3H3. The van der Waals surface area contributed by atoms with E-state index in [2.05, 4.69) is 21.8 Å². The van der Waals surface area contributed by atoms with E-state index >= 15 is 0 Å². The average molecular weight is 352 g/mol. The minimum Gasteiger partial charge on any atom is -0.462 e. The number of aryl methyl sites for hydroxylation is 1. The summed E-state index contributed by atoms with van der Waals surface area (Å²) in [7, 11) is 0. The summed E-state index contributed by atoms with van der Waals surface area (Å²) >= 11 is 0. The predicted molar refractivity (Wildman–Crippen MR) is 96.8 cm³/mol. The van der Waals surface area contributed by atoms with Gasteiger partial charge in [0.15, 0.2) is 0 Å². The molecule has 0 N–H and O–H groups in total. The summed E-state index contributed by atoms with van der Waals surface area (Å²) in [5, 5.41) is 4.27. The van der Waals surface area contributed by atoms with Crippen LogP contribution in [0.25, 0.3) is 0 Å². The van der Waals surface area contributed by atoms with Crippen LogP contribution in [0.1, 0.15) is 37.6 Å². The molecule has 1 atom stereocenters. The molecule has 0 aromatic carbocycles. The van der Waals surface area contributed by atoms with E-state index in [-0.39, 0.29) is 5.97 Å². The van der Waals surface area contributed by atoms with Crippen LogP contribution in [0.4, 0.5) is 0 Å². The van der Waals surface area contributed by atoms with Gasteiger partial charge in [-0.3, -0.25) is 14.5 Å². The first-order chi connectivity index (χ1) is 12.1. The third-order valence-corrected chi connectivity index (χ3v) is 4.71. The first kappa shape index (κ1) is 19.9. The topological polar surface area (TPSA) is 59.8 Å². The number of aromatic nitrogens is 2. The summed E-state index contributed by atoms with van der Waals surface area (Å²) in [4.78, 5) is 16.7. The summed E-state index contributed by atoms with van der Waals surface area (Å²) in [6.07, 6.45) is 4.37. The Morgan fingerprint density at radius 1 is 1.20 bits per heavy atom. The maximum atomic E-state index is 11.7. The van der Waals surface area contributed by atoms with Crippen molar-refractivity contribution in [3.63, 3.8) is 0 Å². The van der Waals surface area contributed by atoms with Crippen molar-refractivity contribution in [1.82, 2.24) is 19.6 Å². The van der Waals surface area contributed by atoms with Crippen molar-refractivity contribution in [2.45, 2.75) is 39.8 Å². The highest BCUT2D eigenvalue weighted by molar-refractivity contribution is 5.88. The summed E-state index contributed by atoms with van der Waals surface area (Å²) < 4.78 is 12.3. The first-order valence-electron chi connectivity index (χ1n) is 9.37. The van der Waals surface area contributed by atoms with Crippen molar-refractivity contribution in [3.8, 4) is 0 Å². The monoisotopic (exact) mass is 352 g/mol. The van der Waals surface area contributed by atoms with Crippen LogP contribution in [-0.4, -0.2) is 84.1 Å². The SMILES string of the molecule is CCOCCN1CCN(C(C)CCn2cc(C(=O)OCC)cn2)CC1. The molecule has 1 aliphatic heterocycles. The van der Waals surface area contributed by atoms with Crippen molar-refractivity contribution in [3.05, 3.63) is 18.0 Å². The second kappa shape index (κ2) is 10.5. The smallest absolute Gasteiger partial charge is 0.341 e. The lowest BCUT2D eigenvalue weighted by Gasteiger charge is -2.38. The molecular formula is C18H32N4O3. The maximum absolute atomic E-state index is 11.7.